The molecule has 0 spiro atoms. The molecule has 2 atom stereocenters. The Hall–Kier alpha value is -3.93. The van der Waals surface area contributed by atoms with Gasteiger partial charge in [0.25, 0.3) is 5.91 Å². The maximum atomic E-state index is 13.3. The first-order valence-corrected chi connectivity index (χ1v) is 9.67. The lowest BCUT2D eigenvalue weighted by atomic mass is 9.86. The third kappa shape index (κ3) is 2.76. The summed E-state index contributed by atoms with van der Waals surface area (Å²) in [6.07, 6.45) is 7.69. The zero-order valence-corrected chi connectivity index (χ0v) is 16.3. The summed E-state index contributed by atoms with van der Waals surface area (Å²) in [4.78, 5) is 26.1. The molecule has 0 radical (unpaired) electrons. The minimum atomic E-state index is -0.0614. The van der Waals surface area contributed by atoms with Crippen molar-refractivity contribution in [3.63, 3.8) is 0 Å². The van der Waals surface area contributed by atoms with Gasteiger partial charge in [0.15, 0.2) is 17.4 Å². The van der Waals surface area contributed by atoms with Crippen LogP contribution in [-0.2, 0) is 0 Å². The van der Waals surface area contributed by atoms with E-state index in [0.29, 0.717) is 41.6 Å². The highest BCUT2D eigenvalue weighted by Gasteiger charge is 2.48. The van der Waals surface area contributed by atoms with Crippen molar-refractivity contribution in [2.75, 3.05) is 25.1 Å². The van der Waals surface area contributed by atoms with Gasteiger partial charge in [-0.3, -0.25) is 4.79 Å². The zero-order valence-electron chi connectivity index (χ0n) is 16.3. The van der Waals surface area contributed by atoms with Crippen LogP contribution in [0.4, 0.5) is 5.82 Å². The van der Waals surface area contributed by atoms with Crippen LogP contribution in [0.25, 0.3) is 5.82 Å². The van der Waals surface area contributed by atoms with E-state index < -0.39 is 0 Å². The molecule has 6 heterocycles. The second kappa shape index (κ2) is 7.15. The first-order chi connectivity index (χ1) is 14.7. The number of hydrogen-bond donors (Lipinski definition) is 0. The molecule has 3 aromatic rings. The van der Waals surface area contributed by atoms with E-state index in [9.17, 15) is 10.1 Å². The second-order valence-corrected chi connectivity index (χ2v) is 7.31. The Morgan fingerprint density at radius 1 is 1.13 bits per heavy atom. The molecule has 3 fully saturated rings. The number of hydrogen-bond acceptors (Lipinski definition) is 7. The lowest BCUT2D eigenvalue weighted by molar-refractivity contribution is 0.0573. The van der Waals surface area contributed by atoms with Crippen molar-refractivity contribution in [1.82, 2.24) is 24.6 Å². The Morgan fingerprint density at radius 3 is 2.63 bits per heavy atom. The summed E-state index contributed by atoms with van der Waals surface area (Å²) in [6, 6.07) is 9.41. The SMILES string of the molecule is COc1c(C#N)ccnc1N1C2CC1CN(C(=O)c1cccnc1-n1cccn1)C2. The fourth-order valence-electron chi connectivity index (χ4n) is 4.34. The smallest absolute Gasteiger partial charge is 0.257 e. The number of piperazine rings is 1. The number of carbonyl (C=O) groups is 1. The van der Waals surface area contributed by atoms with Crippen molar-refractivity contribution < 1.29 is 9.53 Å². The van der Waals surface area contributed by atoms with Gasteiger partial charge in [0.05, 0.1) is 30.3 Å². The van der Waals surface area contributed by atoms with E-state index in [-0.39, 0.29) is 18.0 Å². The molecule has 0 aromatic carbocycles. The van der Waals surface area contributed by atoms with Crippen molar-refractivity contribution >= 4 is 11.7 Å². The minimum absolute atomic E-state index is 0.0614. The van der Waals surface area contributed by atoms with E-state index in [1.807, 2.05) is 4.90 Å². The lowest BCUT2D eigenvalue weighted by Crippen LogP contribution is -2.70. The normalized spacial score (nSPS) is 19.7. The third-order valence-electron chi connectivity index (χ3n) is 5.67. The summed E-state index contributed by atoms with van der Waals surface area (Å²) in [5.41, 5.74) is 0.982. The molecule has 1 amide bonds. The van der Waals surface area contributed by atoms with Crippen LogP contribution in [0.5, 0.6) is 5.75 Å². The quantitative estimate of drug-likeness (QED) is 0.655. The number of ether oxygens (including phenoxy) is 1. The van der Waals surface area contributed by atoms with Crippen molar-refractivity contribution in [2.45, 2.75) is 18.5 Å². The molecular formula is C21H19N7O2. The predicted molar refractivity (Wildman–Crippen MR) is 107 cm³/mol. The first-order valence-electron chi connectivity index (χ1n) is 9.67. The van der Waals surface area contributed by atoms with Gasteiger partial charge >= 0.3 is 0 Å². The van der Waals surface area contributed by atoms with Crippen LogP contribution >= 0.6 is 0 Å². The van der Waals surface area contributed by atoms with Crippen LogP contribution in [0.15, 0.2) is 49.1 Å². The summed E-state index contributed by atoms with van der Waals surface area (Å²) in [5.74, 6) is 1.62. The summed E-state index contributed by atoms with van der Waals surface area (Å²) >= 11 is 0. The highest BCUT2D eigenvalue weighted by atomic mass is 16.5. The van der Waals surface area contributed by atoms with E-state index >= 15 is 0 Å². The van der Waals surface area contributed by atoms with Crippen molar-refractivity contribution in [3.8, 4) is 17.6 Å². The molecule has 30 heavy (non-hydrogen) atoms. The molecule has 150 valence electrons. The molecule has 2 unspecified atom stereocenters. The topological polar surface area (TPSA) is 100 Å². The Balaban J connectivity index is 1.39. The number of aromatic nitrogens is 4. The number of nitriles is 1. The second-order valence-electron chi connectivity index (χ2n) is 7.31. The number of piperidine rings is 1. The largest absolute Gasteiger partial charge is 0.492 e. The van der Waals surface area contributed by atoms with Gasteiger partial charge in [0.2, 0.25) is 0 Å². The van der Waals surface area contributed by atoms with Crippen LogP contribution in [0, 0.1) is 11.3 Å². The average molecular weight is 401 g/mol. The molecule has 9 nitrogen and oxygen atoms in total. The van der Waals surface area contributed by atoms with E-state index in [4.69, 9.17) is 4.74 Å². The number of rotatable bonds is 4. The number of carbonyl (C=O) groups excluding carboxylic acids is 1. The van der Waals surface area contributed by atoms with Gasteiger partial charge in [-0.2, -0.15) is 10.4 Å². The van der Waals surface area contributed by atoms with Crippen molar-refractivity contribution in [1.29, 1.82) is 5.26 Å². The monoisotopic (exact) mass is 401 g/mol. The van der Waals surface area contributed by atoms with Gasteiger partial charge < -0.3 is 14.5 Å². The third-order valence-corrected chi connectivity index (χ3v) is 5.67. The van der Waals surface area contributed by atoms with Crippen molar-refractivity contribution in [2.24, 2.45) is 0 Å². The predicted octanol–water partition coefficient (Wildman–Crippen LogP) is 1.65. The van der Waals surface area contributed by atoms with E-state index in [0.717, 1.165) is 6.42 Å². The molecule has 2 bridgehead atoms. The molecule has 0 saturated carbocycles. The molecule has 3 aliphatic heterocycles. The van der Waals surface area contributed by atoms with Gasteiger partial charge in [-0.05, 0) is 30.7 Å². The molecular weight excluding hydrogens is 382 g/mol. The zero-order chi connectivity index (χ0) is 20.7. The van der Waals surface area contributed by atoms with Gasteiger partial charge in [0, 0.05) is 37.9 Å². The van der Waals surface area contributed by atoms with Crippen molar-refractivity contribution in [3.05, 3.63) is 60.2 Å². The highest BCUT2D eigenvalue weighted by molar-refractivity contribution is 5.97. The Labute approximate surface area is 173 Å². The number of amides is 1. The molecule has 0 aliphatic carbocycles. The molecule has 9 heteroatoms. The van der Waals surface area contributed by atoms with Crippen LogP contribution in [0.3, 0.4) is 0 Å². The van der Waals surface area contributed by atoms with Gasteiger partial charge in [-0.15, -0.1) is 0 Å². The van der Waals surface area contributed by atoms with Gasteiger partial charge in [0.1, 0.15) is 6.07 Å². The van der Waals surface area contributed by atoms with E-state index in [1.165, 1.54) is 0 Å². The molecule has 6 rings (SSSR count). The van der Waals surface area contributed by atoms with Gasteiger partial charge in [-0.1, -0.05) is 0 Å². The number of fused-ring (bicyclic) bond motifs is 2. The number of pyridine rings is 2. The molecule has 3 aliphatic rings. The number of methoxy groups -OCH3 is 1. The maximum Gasteiger partial charge on any atom is 0.257 e. The summed E-state index contributed by atoms with van der Waals surface area (Å²) in [6.45, 7) is 1.15. The van der Waals surface area contributed by atoms with Crippen LogP contribution in [0.1, 0.15) is 22.3 Å². The molecule has 3 aromatic heterocycles. The maximum absolute atomic E-state index is 13.3. The van der Waals surface area contributed by atoms with Gasteiger partial charge in [-0.25, -0.2) is 14.6 Å². The molecule has 3 saturated heterocycles. The minimum Gasteiger partial charge on any atom is -0.492 e. The summed E-state index contributed by atoms with van der Waals surface area (Å²) < 4.78 is 7.07. The Kier molecular flexibility index (Phi) is 4.32. The summed E-state index contributed by atoms with van der Waals surface area (Å²) in [7, 11) is 1.55. The van der Waals surface area contributed by atoms with Crippen LogP contribution < -0.4 is 9.64 Å². The van der Waals surface area contributed by atoms with Crippen LogP contribution in [-0.4, -0.2) is 62.8 Å². The first kappa shape index (κ1) is 18.1. The standard InChI is InChI=1S/C21H19N7O2/c1-30-18-14(11-22)5-8-24-20(18)28-15-10-16(28)13-26(12-15)21(29)17-4-2-6-23-19(17)27-9-3-7-25-27/h2-9,15-16H,10,12-13H2,1H3. The van der Waals surface area contributed by atoms with E-state index in [1.54, 1.807) is 60.8 Å². The van der Waals surface area contributed by atoms with Crippen LogP contribution in [0.2, 0.25) is 0 Å². The van der Waals surface area contributed by atoms with E-state index in [2.05, 4.69) is 26.0 Å². The number of nitrogens with zero attached hydrogens (tertiary/aromatic N) is 7. The lowest BCUT2D eigenvalue weighted by Gasteiger charge is -2.57. The fraction of sp³-hybridized carbons (Fsp3) is 0.286. The Morgan fingerprint density at radius 2 is 1.93 bits per heavy atom. The highest BCUT2D eigenvalue weighted by Crippen LogP contribution is 2.41. The summed E-state index contributed by atoms with van der Waals surface area (Å²) in [5, 5.41) is 13.6. The Bertz CT molecular complexity index is 1130. The molecule has 0 N–H and O–H groups in total. The fourth-order valence-corrected chi connectivity index (χ4v) is 4.34. The average Bonchev–Trinajstić information content (AvgIpc) is 3.33. The number of anilines is 1.